The Morgan fingerprint density at radius 3 is 2.79 bits per heavy atom. The second-order valence-electron chi connectivity index (χ2n) is 3.24. The molecule has 0 radical (unpaired) electrons. The number of hydrogen-bond acceptors (Lipinski definition) is 4. The van der Waals surface area contributed by atoms with Crippen molar-refractivity contribution >= 4 is 22.9 Å². The molecule has 0 bridgehead atoms. The van der Waals surface area contributed by atoms with Crippen LogP contribution in [0.4, 0.5) is 0 Å². The number of aliphatic hydroxyl groups is 2. The van der Waals surface area contributed by atoms with Gasteiger partial charge in [0, 0.05) is 18.0 Å². The van der Waals surface area contributed by atoms with Crippen LogP contribution in [0.25, 0.3) is 0 Å². The third-order valence-electron chi connectivity index (χ3n) is 1.79. The molecule has 1 unspecified atom stereocenters. The minimum absolute atomic E-state index is 0.199. The Bertz CT molecular complexity index is 280. The highest BCUT2D eigenvalue weighted by Gasteiger charge is 2.08. The molecule has 0 aliphatic heterocycles. The molecular weight excluding hydrogens is 222 g/mol. The van der Waals surface area contributed by atoms with E-state index in [0.29, 0.717) is 6.54 Å². The van der Waals surface area contributed by atoms with Crippen LogP contribution in [0.3, 0.4) is 0 Å². The predicted molar refractivity (Wildman–Crippen MR) is 58.8 cm³/mol. The van der Waals surface area contributed by atoms with Gasteiger partial charge in [0.25, 0.3) is 0 Å². The third-order valence-corrected chi connectivity index (χ3v) is 3.00. The van der Waals surface area contributed by atoms with Crippen molar-refractivity contribution in [3.05, 3.63) is 21.3 Å². The highest BCUT2D eigenvalue weighted by atomic mass is 35.5. The first-order valence-corrected chi connectivity index (χ1v) is 5.53. The first-order valence-electron chi connectivity index (χ1n) is 4.33. The Kier molecular flexibility index (Phi) is 4.84. The number of rotatable bonds is 5. The summed E-state index contributed by atoms with van der Waals surface area (Å²) in [5.74, 6) is 0. The van der Waals surface area contributed by atoms with Crippen LogP contribution in [0.5, 0.6) is 0 Å². The van der Waals surface area contributed by atoms with Crippen LogP contribution in [0, 0.1) is 0 Å². The van der Waals surface area contributed by atoms with Gasteiger partial charge in [0.1, 0.15) is 0 Å². The molecule has 0 saturated heterocycles. The van der Waals surface area contributed by atoms with E-state index in [4.69, 9.17) is 16.7 Å². The van der Waals surface area contributed by atoms with Crippen LogP contribution in [0.1, 0.15) is 4.88 Å². The van der Waals surface area contributed by atoms with Gasteiger partial charge in [-0.05, 0) is 19.2 Å². The molecule has 0 aliphatic rings. The second-order valence-corrected chi connectivity index (χ2v) is 5.04. The fraction of sp³-hybridized carbons (Fsp3) is 0.556. The maximum atomic E-state index is 9.20. The normalized spacial score (nSPS) is 13.5. The molecule has 80 valence electrons. The molecule has 14 heavy (non-hydrogen) atoms. The average Bonchev–Trinajstić information content (AvgIpc) is 2.50. The van der Waals surface area contributed by atoms with Crippen LogP contribution < -0.4 is 0 Å². The number of thiophene rings is 1. The van der Waals surface area contributed by atoms with Crippen LogP contribution >= 0.6 is 22.9 Å². The van der Waals surface area contributed by atoms with Gasteiger partial charge in [0.2, 0.25) is 0 Å². The molecule has 1 aromatic rings. The molecule has 0 aromatic carbocycles. The largest absolute Gasteiger partial charge is 0.394 e. The molecule has 1 atom stereocenters. The Morgan fingerprint density at radius 2 is 2.29 bits per heavy atom. The van der Waals surface area contributed by atoms with Crippen LogP contribution in [0.2, 0.25) is 4.34 Å². The summed E-state index contributed by atoms with van der Waals surface area (Å²) in [5.41, 5.74) is 0. The summed E-state index contributed by atoms with van der Waals surface area (Å²) >= 11 is 7.32. The van der Waals surface area contributed by atoms with Gasteiger partial charge in [0.15, 0.2) is 0 Å². The minimum Gasteiger partial charge on any atom is -0.394 e. The van der Waals surface area contributed by atoms with Gasteiger partial charge in [-0.3, -0.25) is 4.90 Å². The minimum atomic E-state index is -0.671. The van der Waals surface area contributed by atoms with E-state index >= 15 is 0 Å². The van der Waals surface area contributed by atoms with E-state index < -0.39 is 6.10 Å². The zero-order chi connectivity index (χ0) is 10.6. The molecule has 0 aliphatic carbocycles. The van der Waals surface area contributed by atoms with E-state index in [1.165, 1.54) is 11.3 Å². The van der Waals surface area contributed by atoms with Crippen molar-refractivity contribution < 1.29 is 10.2 Å². The number of aliphatic hydroxyl groups excluding tert-OH is 2. The SMILES string of the molecule is CN(Cc1ccc(Cl)s1)CC(O)CO. The molecule has 0 amide bonds. The lowest BCUT2D eigenvalue weighted by Gasteiger charge is -2.18. The zero-order valence-electron chi connectivity index (χ0n) is 7.98. The molecule has 0 fully saturated rings. The Morgan fingerprint density at radius 1 is 1.57 bits per heavy atom. The summed E-state index contributed by atoms with van der Waals surface area (Å²) in [6.07, 6.45) is -0.671. The summed E-state index contributed by atoms with van der Waals surface area (Å²) in [7, 11) is 1.90. The van der Waals surface area contributed by atoms with Crippen molar-refractivity contribution in [2.75, 3.05) is 20.2 Å². The lowest BCUT2D eigenvalue weighted by atomic mass is 10.3. The summed E-state index contributed by atoms with van der Waals surface area (Å²) in [5, 5.41) is 17.9. The number of hydrogen-bond donors (Lipinski definition) is 2. The van der Waals surface area contributed by atoms with Crippen LogP contribution in [0.15, 0.2) is 12.1 Å². The molecule has 2 N–H and O–H groups in total. The van der Waals surface area contributed by atoms with E-state index in [1.807, 2.05) is 24.1 Å². The molecule has 3 nitrogen and oxygen atoms in total. The first kappa shape index (κ1) is 11.9. The summed E-state index contributed by atoms with van der Waals surface area (Å²) < 4.78 is 0.774. The van der Waals surface area contributed by atoms with Gasteiger partial charge in [0.05, 0.1) is 17.0 Å². The Hall–Kier alpha value is -0.130. The van der Waals surface area contributed by atoms with Crippen molar-refractivity contribution in [2.45, 2.75) is 12.6 Å². The predicted octanol–water partition coefficient (Wildman–Crippen LogP) is 1.19. The molecule has 0 saturated carbocycles. The topological polar surface area (TPSA) is 43.7 Å². The van der Waals surface area contributed by atoms with Crippen molar-refractivity contribution in [3.63, 3.8) is 0 Å². The Labute approximate surface area is 92.5 Å². The molecule has 0 spiro atoms. The standard InChI is InChI=1S/C9H14ClNO2S/c1-11(4-7(13)6-12)5-8-2-3-9(10)14-8/h2-3,7,12-13H,4-6H2,1H3. The molecule has 5 heteroatoms. The van der Waals surface area contributed by atoms with Gasteiger partial charge in [-0.15, -0.1) is 11.3 Å². The maximum Gasteiger partial charge on any atom is 0.0931 e. The second kappa shape index (κ2) is 5.68. The van der Waals surface area contributed by atoms with Crippen molar-refractivity contribution in [3.8, 4) is 0 Å². The van der Waals surface area contributed by atoms with Gasteiger partial charge in [-0.2, -0.15) is 0 Å². The fourth-order valence-corrected chi connectivity index (χ4v) is 2.35. The van der Waals surface area contributed by atoms with E-state index in [0.717, 1.165) is 15.8 Å². The van der Waals surface area contributed by atoms with Crippen LogP contribution in [-0.2, 0) is 6.54 Å². The Balaban J connectivity index is 2.37. The fourth-order valence-electron chi connectivity index (χ4n) is 1.18. The maximum absolute atomic E-state index is 9.20. The monoisotopic (exact) mass is 235 g/mol. The summed E-state index contributed by atoms with van der Waals surface area (Å²) in [6, 6.07) is 3.83. The number of halogens is 1. The van der Waals surface area contributed by atoms with Crippen molar-refractivity contribution in [2.24, 2.45) is 0 Å². The van der Waals surface area contributed by atoms with E-state index in [-0.39, 0.29) is 6.61 Å². The smallest absolute Gasteiger partial charge is 0.0931 e. The zero-order valence-corrected chi connectivity index (χ0v) is 9.55. The molecule has 1 heterocycles. The van der Waals surface area contributed by atoms with Gasteiger partial charge in [-0.1, -0.05) is 11.6 Å². The molecule has 1 aromatic heterocycles. The first-order chi connectivity index (χ1) is 6.61. The van der Waals surface area contributed by atoms with E-state index in [1.54, 1.807) is 0 Å². The van der Waals surface area contributed by atoms with Gasteiger partial charge in [-0.25, -0.2) is 0 Å². The summed E-state index contributed by atoms with van der Waals surface area (Å²) in [6.45, 7) is 1.01. The number of nitrogens with zero attached hydrogens (tertiary/aromatic N) is 1. The lowest BCUT2D eigenvalue weighted by Crippen LogP contribution is -2.30. The molecular formula is C9H14ClNO2S. The van der Waals surface area contributed by atoms with E-state index in [2.05, 4.69) is 0 Å². The van der Waals surface area contributed by atoms with Gasteiger partial charge >= 0.3 is 0 Å². The lowest BCUT2D eigenvalue weighted by molar-refractivity contribution is 0.0650. The van der Waals surface area contributed by atoms with Gasteiger partial charge < -0.3 is 10.2 Å². The quantitative estimate of drug-likeness (QED) is 0.806. The van der Waals surface area contributed by atoms with Crippen molar-refractivity contribution in [1.82, 2.24) is 4.90 Å². The average molecular weight is 236 g/mol. The van der Waals surface area contributed by atoms with Crippen LogP contribution in [-0.4, -0.2) is 41.4 Å². The third kappa shape index (κ3) is 3.94. The van der Waals surface area contributed by atoms with Crippen molar-refractivity contribution in [1.29, 1.82) is 0 Å². The summed E-state index contributed by atoms with van der Waals surface area (Å²) in [4.78, 5) is 3.10. The highest BCUT2D eigenvalue weighted by Crippen LogP contribution is 2.22. The van der Waals surface area contributed by atoms with E-state index in [9.17, 15) is 5.11 Å². The highest BCUT2D eigenvalue weighted by molar-refractivity contribution is 7.16. The molecule has 1 rings (SSSR count). The number of likely N-dealkylation sites (N-methyl/N-ethyl adjacent to an activating group) is 1.